The minimum Gasteiger partial charge on any atom is -0.396 e. The van der Waals surface area contributed by atoms with Crippen molar-refractivity contribution in [1.29, 1.82) is 0 Å². The van der Waals surface area contributed by atoms with Gasteiger partial charge in [0.1, 0.15) is 5.82 Å². The Hall–Kier alpha value is -0.930. The van der Waals surface area contributed by atoms with E-state index in [0.29, 0.717) is 6.42 Å². The number of halogens is 1. The molecule has 1 unspecified atom stereocenters. The maximum absolute atomic E-state index is 13.6. The van der Waals surface area contributed by atoms with E-state index in [1.165, 1.54) is 25.3 Å². The highest BCUT2D eigenvalue weighted by molar-refractivity contribution is 5.18. The molecule has 2 rings (SSSR count). The second kappa shape index (κ2) is 7.19. The van der Waals surface area contributed by atoms with E-state index in [-0.39, 0.29) is 23.9 Å². The first-order chi connectivity index (χ1) is 9.65. The van der Waals surface area contributed by atoms with Crippen molar-refractivity contribution in [3.05, 3.63) is 35.6 Å². The number of hydrogen-bond donors (Lipinski definition) is 2. The first-order valence-electron chi connectivity index (χ1n) is 7.73. The zero-order chi connectivity index (χ0) is 14.4. The Labute approximate surface area is 121 Å². The molecule has 1 atom stereocenters. The fourth-order valence-corrected chi connectivity index (χ4v) is 3.15. The highest BCUT2D eigenvalue weighted by Gasteiger charge is 2.31. The fourth-order valence-electron chi connectivity index (χ4n) is 3.15. The third kappa shape index (κ3) is 4.03. The van der Waals surface area contributed by atoms with Crippen LogP contribution in [0.5, 0.6) is 0 Å². The van der Waals surface area contributed by atoms with Crippen molar-refractivity contribution in [2.45, 2.75) is 51.5 Å². The van der Waals surface area contributed by atoms with E-state index in [4.69, 9.17) is 0 Å². The summed E-state index contributed by atoms with van der Waals surface area (Å²) in [6, 6.07) is 7.17. The van der Waals surface area contributed by atoms with Gasteiger partial charge in [0.2, 0.25) is 0 Å². The fraction of sp³-hybridized carbons (Fsp3) is 0.647. The van der Waals surface area contributed by atoms with Crippen LogP contribution in [-0.2, 0) is 6.42 Å². The minimum atomic E-state index is -0.129. The molecule has 2 nitrogen and oxygen atoms in total. The Morgan fingerprint density at radius 2 is 1.95 bits per heavy atom. The molecule has 20 heavy (non-hydrogen) atoms. The molecule has 0 heterocycles. The average molecular weight is 279 g/mol. The number of aliphatic hydroxyl groups is 1. The molecule has 0 amide bonds. The van der Waals surface area contributed by atoms with Crippen LogP contribution in [0.3, 0.4) is 0 Å². The number of hydrogen-bond acceptors (Lipinski definition) is 2. The van der Waals surface area contributed by atoms with Crippen LogP contribution in [0.4, 0.5) is 4.39 Å². The molecule has 1 fully saturated rings. The van der Waals surface area contributed by atoms with Crippen LogP contribution in [0.25, 0.3) is 0 Å². The van der Waals surface area contributed by atoms with Gasteiger partial charge in [-0.2, -0.15) is 0 Å². The summed E-state index contributed by atoms with van der Waals surface area (Å²) in [4.78, 5) is 0. The van der Waals surface area contributed by atoms with Crippen molar-refractivity contribution < 1.29 is 9.50 Å². The summed E-state index contributed by atoms with van der Waals surface area (Å²) < 4.78 is 13.6. The Kier molecular flexibility index (Phi) is 5.55. The van der Waals surface area contributed by atoms with Gasteiger partial charge in [-0.05, 0) is 37.8 Å². The van der Waals surface area contributed by atoms with Crippen molar-refractivity contribution in [2.75, 3.05) is 13.2 Å². The Morgan fingerprint density at radius 1 is 1.25 bits per heavy atom. The topological polar surface area (TPSA) is 32.3 Å². The highest BCUT2D eigenvalue weighted by Crippen LogP contribution is 2.35. The molecule has 112 valence electrons. The monoisotopic (exact) mass is 279 g/mol. The summed E-state index contributed by atoms with van der Waals surface area (Å²) in [5, 5.41) is 13.2. The van der Waals surface area contributed by atoms with Gasteiger partial charge in [-0.3, -0.25) is 0 Å². The molecule has 0 aliphatic heterocycles. The van der Waals surface area contributed by atoms with Crippen LogP contribution in [-0.4, -0.2) is 24.3 Å². The second-order valence-corrected chi connectivity index (χ2v) is 6.30. The van der Waals surface area contributed by atoms with Gasteiger partial charge < -0.3 is 10.4 Å². The molecule has 0 bridgehead atoms. The van der Waals surface area contributed by atoms with Crippen molar-refractivity contribution in [2.24, 2.45) is 5.41 Å². The largest absolute Gasteiger partial charge is 0.396 e. The first-order valence-corrected chi connectivity index (χ1v) is 7.73. The van der Waals surface area contributed by atoms with E-state index in [9.17, 15) is 9.50 Å². The van der Waals surface area contributed by atoms with E-state index in [0.717, 1.165) is 24.9 Å². The summed E-state index contributed by atoms with van der Waals surface area (Å²) in [7, 11) is 0. The van der Waals surface area contributed by atoms with E-state index in [2.05, 4.69) is 12.2 Å². The molecular formula is C17H26FNO. The molecule has 0 saturated heterocycles. The Bertz CT molecular complexity index is 415. The molecule has 1 aromatic rings. The third-order valence-corrected chi connectivity index (χ3v) is 4.56. The maximum Gasteiger partial charge on any atom is 0.126 e. The Balaban J connectivity index is 1.85. The predicted octanol–water partition coefficient (Wildman–Crippen LogP) is 3.29. The zero-order valence-electron chi connectivity index (χ0n) is 12.4. The number of benzene rings is 1. The maximum atomic E-state index is 13.6. The molecule has 2 N–H and O–H groups in total. The SMILES string of the molecule is CC(Cc1ccccc1F)NCC1(CO)CCCCC1. The van der Waals surface area contributed by atoms with Crippen LogP contribution in [0, 0.1) is 11.2 Å². The molecule has 1 aromatic carbocycles. The van der Waals surface area contributed by atoms with Crippen LogP contribution >= 0.6 is 0 Å². The normalized spacial score (nSPS) is 19.8. The van der Waals surface area contributed by atoms with Gasteiger partial charge in [-0.15, -0.1) is 0 Å². The smallest absolute Gasteiger partial charge is 0.126 e. The van der Waals surface area contributed by atoms with Gasteiger partial charge in [0.05, 0.1) is 0 Å². The molecule has 0 radical (unpaired) electrons. The van der Waals surface area contributed by atoms with Crippen LogP contribution in [0.2, 0.25) is 0 Å². The summed E-state index contributed by atoms with van der Waals surface area (Å²) in [6.07, 6.45) is 6.60. The molecular weight excluding hydrogens is 253 g/mol. The summed E-state index contributed by atoms with van der Waals surface area (Å²) in [5.74, 6) is -0.129. The molecule has 1 saturated carbocycles. The van der Waals surface area contributed by atoms with E-state index >= 15 is 0 Å². The number of rotatable bonds is 6. The van der Waals surface area contributed by atoms with Gasteiger partial charge in [0.15, 0.2) is 0 Å². The van der Waals surface area contributed by atoms with Crippen molar-refractivity contribution in [3.63, 3.8) is 0 Å². The lowest BCUT2D eigenvalue weighted by molar-refractivity contribution is 0.0788. The lowest BCUT2D eigenvalue weighted by atomic mass is 9.74. The number of aliphatic hydroxyl groups excluding tert-OH is 1. The van der Waals surface area contributed by atoms with Crippen molar-refractivity contribution >= 4 is 0 Å². The number of nitrogens with one attached hydrogen (secondary N) is 1. The van der Waals surface area contributed by atoms with Crippen LogP contribution < -0.4 is 5.32 Å². The predicted molar refractivity (Wildman–Crippen MR) is 80.2 cm³/mol. The second-order valence-electron chi connectivity index (χ2n) is 6.30. The van der Waals surface area contributed by atoms with Gasteiger partial charge in [0, 0.05) is 24.6 Å². The van der Waals surface area contributed by atoms with E-state index < -0.39 is 0 Å². The summed E-state index contributed by atoms with van der Waals surface area (Å²) >= 11 is 0. The lowest BCUT2D eigenvalue weighted by Gasteiger charge is -2.36. The Morgan fingerprint density at radius 3 is 2.60 bits per heavy atom. The van der Waals surface area contributed by atoms with Crippen LogP contribution in [0.15, 0.2) is 24.3 Å². The summed E-state index contributed by atoms with van der Waals surface area (Å²) in [6.45, 7) is 3.17. The average Bonchev–Trinajstić information content (AvgIpc) is 2.49. The lowest BCUT2D eigenvalue weighted by Crippen LogP contribution is -2.42. The van der Waals surface area contributed by atoms with Gasteiger partial charge in [0.25, 0.3) is 0 Å². The van der Waals surface area contributed by atoms with Crippen LogP contribution in [0.1, 0.15) is 44.6 Å². The quantitative estimate of drug-likeness (QED) is 0.837. The molecule has 3 heteroatoms. The third-order valence-electron chi connectivity index (χ3n) is 4.56. The molecule has 1 aliphatic rings. The molecule has 0 spiro atoms. The van der Waals surface area contributed by atoms with Gasteiger partial charge >= 0.3 is 0 Å². The van der Waals surface area contributed by atoms with E-state index in [1.807, 2.05) is 12.1 Å². The molecule has 1 aliphatic carbocycles. The standard InChI is InChI=1S/C17H26FNO/c1-14(11-15-7-3-4-8-16(15)18)19-12-17(13-20)9-5-2-6-10-17/h3-4,7-8,14,19-20H,2,5-6,9-13H2,1H3. The zero-order valence-corrected chi connectivity index (χ0v) is 12.4. The molecule has 0 aromatic heterocycles. The van der Waals surface area contributed by atoms with E-state index in [1.54, 1.807) is 6.07 Å². The minimum absolute atomic E-state index is 0.0434. The highest BCUT2D eigenvalue weighted by atomic mass is 19.1. The van der Waals surface area contributed by atoms with Crippen molar-refractivity contribution in [1.82, 2.24) is 5.32 Å². The van der Waals surface area contributed by atoms with Crippen molar-refractivity contribution in [3.8, 4) is 0 Å². The van der Waals surface area contributed by atoms with Gasteiger partial charge in [-0.25, -0.2) is 4.39 Å². The first kappa shape index (κ1) is 15.5. The van der Waals surface area contributed by atoms with Gasteiger partial charge in [-0.1, -0.05) is 37.5 Å². The summed E-state index contributed by atoms with van der Waals surface area (Å²) in [5.41, 5.74) is 0.802.